The number of benzene rings is 1. The third-order valence-corrected chi connectivity index (χ3v) is 4.34. The highest BCUT2D eigenvalue weighted by molar-refractivity contribution is 6.30. The molecular weight excluding hydrogens is 349 g/mol. The Labute approximate surface area is 141 Å². The summed E-state index contributed by atoms with van der Waals surface area (Å²) < 4.78 is 39.0. The van der Waals surface area contributed by atoms with Crippen LogP contribution >= 0.6 is 11.6 Å². The summed E-state index contributed by atoms with van der Waals surface area (Å²) in [6, 6.07) is 5.44. The molecule has 24 heavy (non-hydrogen) atoms. The minimum atomic E-state index is -4.62. The summed E-state index contributed by atoms with van der Waals surface area (Å²) in [6.07, 6.45) is -4.62. The van der Waals surface area contributed by atoms with Crippen LogP contribution in [0.2, 0.25) is 5.02 Å². The summed E-state index contributed by atoms with van der Waals surface area (Å²) in [6.45, 7) is 0.589. The number of likely N-dealkylation sites (tertiary alicyclic amines) is 1. The van der Waals surface area contributed by atoms with Gasteiger partial charge < -0.3 is 10.4 Å². The molecule has 9 heteroatoms. The Morgan fingerprint density at radius 1 is 1.38 bits per heavy atom. The van der Waals surface area contributed by atoms with Crippen molar-refractivity contribution in [2.45, 2.75) is 19.1 Å². The SMILES string of the molecule is CC(C(=O)Nc1cccc(Cl)c1)N1C[C@@H](C(F)(F)F)[C@H](C(=O)O)C1. The molecule has 1 unspecified atom stereocenters. The standard InChI is InChI=1S/C15H16ClF3N2O3/c1-8(13(22)20-10-4-2-3-9(16)5-10)21-6-11(14(23)24)12(7-21)15(17,18)19/h2-5,8,11-12H,6-7H2,1H3,(H,20,22)(H,23,24)/t8?,11-,12-/m1/s1. The molecule has 0 aromatic heterocycles. The number of carbonyl (C=O) groups excluding carboxylic acids is 1. The first-order chi connectivity index (χ1) is 11.1. The van der Waals surface area contributed by atoms with E-state index in [1.54, 1.807) is 18.2 Å². The summed E-state index contributed by atoms with van der Waals surface area (Å²) in [5, 5.41) is 12.0. The van der Waals surface area contributed by atoms with E-state index in [0.717, 1.165) is 0 Å². The van der Waals surface area contributed by atoms with E-state index in [0.29, 0.717) is 10.7 Å². The van der Waals surface area contributed by atoms with Crippen LogP contribution < -0.4 is 5.32 Å². The Bertz CT molecular complexity index is 639. The van der Waals surface area contributed by atoms with E-state index in [-0.39, 0.29) is 6.54 Å². The van der Waals surface area contributed by atoms with Crippen molar-refractivity contribution in [2.24, 2.45) is 11.8 Å². The normalized spacial score (nSPS) is 23.0. The van der Waals surface area contributed by atoms with Crippen LogP contribution in [-0.4, -0.2) is 47.2 Å². The minimum Gasteiger partial charge on any atom is -0.481 e. The third-order valence-electron chi connectivity index (χ3n) is 4.11. The van der Waals surface area contributed by atoms with Crippen molar-refractivity contribution in [2.75, 3.05) is 18.4 Å². The van der Waals surface area contributed by atoms with Gasteiger partial charge in [-0.2, -0.15) is 13.2 Å². The zero-order valence-corrected chi connectivity index (χ0v) is 13.4. The first-order valence-corrected chi connectivity index (χ1v) is 7.57. The fraction of sp³-hybridized carbons (Fsp3) is 0.467. The second kappa shape index (κ2) is 6.98. The highest BCUT2D eigenvalue weighted by Crippen LogP contribution is 2.38. The lowest BCUT2D eigenvalue weighted by Gasteiger charge is -2.23. The number of nitrogens with one attached hydrogen (secondary N) is 1. The lowest BCUT2D eigenvalue weighted by atomic mass is 9.96. The maximum Gasteiger partial charge on any atom is 0.393 e. The highest BCUT2D eigenvalue weighted by atomic mass is 35.5. The Kier molecular flexibility index (Phi) is 5.39. The van der Waals surface area contributed by atoms with Crippen LogP contribution in [0.4, 0.5) is 18.9 Å². The van der Waals surface area contributed by atoms with Crippen molar-refractivity contribution in [3.05, 3.63) is 29.3 Å². The van der Waals surface area contributed by atoms with Crippen LogP contribution in [-0.2, 0) is 9.59 Å². The van der Waals surface area contributed by atoms with Gasteiger partial charge in [-0.3, -0.25) is 14.5 Å². The molecule has 1 aromatic rings. The fourth-order valence-corrected chi connectivity index (χ4v) is 2.90. The molecule has 2 rings (SSSR count). The highest BCUT2D eigenvalue weighted by Gasteiger charge is 2.53. The van der Waals surface area contributed by atoms with Crippen molar-refractivity contribution in [1.82, 2.24) is 4.90 Å². The molecule has 1 heterocycles. The Morgan fingerprint density at radius 3 is 2.54 bits per heavy atom. The second-order valence-electron chi connectivity index (χ2n) is 5.72. The van der Waals surface area contributed by atoms with Crippen molar-refractivity contribution in [1.29, 1.82) is 0 Å². The molecule has 2 N–H and O–H groups in total. The largest absolute Gasteiger partial charge is 0.481 e. The average molecular weight is 365 g/mol. The van der Waals surface area contributed by atoms with Gasteiger partial charge in [0.25, 0.3) is 0 Å². The molecule has 0 aliphatic carbocycles. The van der Waals surface area contributed by atoms with E-state index < -0.39 is 42.5 Å². The van der Waals surface area contributed by atoms with Gasteiger partial charge in [0.05, 0.1) is 17.9 Å². The number of carboxylic acids is 1. The summed E-state index contributed by atoms with van der Waals surface area (Å²) >= 11 is 5.81. The number of rotatable bonds is 4. The van der Waals surface area contributed by atoms with Gasteiger partial charge >= 0.3 is 12.1 Å². The number of nitrogens with zero attached hydrogens (tertiary/aromatic N) is 1. The van der Waals surface area contributed by atoms with Crippen LogP contribution in [0.5, 0.6) is 0 Å². The number of anilines is 1. The number of aliphatic carboxylic acids is 1. The van der Waals surface area contributed by atoms with Crippen LogP contribution in [0.25, 0.3) is 0 Å². The number of hydrogen-bond donors (Lipinski definition) is 2. The second-order valence-corrected chi connectivity index (χ2v) is 6.16. The molecule has 1 fully saturated rings. The number of amides is 1. The number of carboxylic acid groups (broad SMARTS) is 1. The molecule has 0 saturated carbocycles. The van der Waals surface area contributed by atoms with Crippen LogP contribution in [0.3, 0.4) is 0 Å². The first-order valence-electron chi connectivity index (χ1n) is 7.19. The predicted octanol–water partition coefficient (Wildman–Crippen LogP) is 2.86. The van der Waals surface area contributed by atoms with Crippen molar-refractivity contribution in [3.63, 3.8) is 0 Å². The maximum atomic E-state index is 13.0. The number of halogens is 4. The Morgan fingerprint density at radius 2 is 2.04 bits per heavy atom. The molecule has 1 aliphatic rings. The molecule has 0 radical (unpaired) electrons. The number of alkyl halides is 3. The lowest BCUT2D eigenvalue weighted by molar-refractivity contribution is -0.188. The van der Waals surface area contributed by atoms with E-state index in [2.05, 4.69) is 5.32 Å². The summed E-state index contributed by atoms with van der Waals surface area (Å²) in [7, 11) is 0. The number of carbonyl (C=O) groups is 2. The average Bonchev–Trinajstić information content (AvgIpc) is 2.91. The van der Waals surface area contributed by atoms with E-state index >= 15 is 0 Å². The molecule has 5 nitrogen and oxygen atoms in total. The quantitative estimate of drug-likeness (QED) is 0.862. The molecule has 132 valence electrons. The summed E-state index contributed by atoms with van der Waals surface area (Å²) in [5.74, 6) is -5.60. The van der Waals surface area contributed by atoms with Gasteiger partial charge in [0.2, 0.25) is 5.91 Å². The smallest absolute Gasteiger partial charge is 0.393 e. The van der Waals surface area contributed by atoms with Crippen LogP contribution in [0.15, 0.2) is 24.3 Å². The van der Waals surface area contributed by atoms with Crippen LogP contribution in [0.1, 0.15) is 6.92 Å². The predicted molar refractivity (Wildman–Crippen MR) is 81.8 cm³/mol. The van der Waals surface area contributed by atoms with E-state index in [1.165, 1.54) is 17.9 Å². The first kappa shape index (κ1) is 18.5. The van der Waals surface area contributed by atoms with Crippen molar-refractivity contribution < 1.29 is 27.9 Å². The maximum absolute atomic E-state index is 13.0. The zero-order valence-electron chi connectivity index (χ0n) is 12.7. The zero-order chi connectivity index (χ0) is 18.1. The molecule has 1 aliphatic heterocycles. The molecule has 1 aromatic carbocycles. The number of hydrogen-bond acceptors (Lipinski definition) is 3. The van der Waals surface area contributed by atoms with E-state index in [1.807, 2.05) is 0 Å². The fourth-order valence-electron chi connectivity index (χ4n) is 2.71. The molecule has 1 amide bonds. The summed E-state index contributed by atoms with van der Waals surface area (Å²) in [5.41, 5.74) is 0.417. The van der Waals surface area contributed by atoms with Gasteiger partial charge in [-0.25, -0.2) is 0 Å². The Hall–Kier alpha value is -1.80. The van der Waals surface area contributed by atoms with Crippen molar-refractivity contribution >= 4 is 29.2 Å². The van der Waals surface area contributed by atoms with Gasteiger partial charge in [-0.15, -0.1) is 0 Å². The van der Waals surface area contributed by atoms with Gasteiger partial charge in [-0.05, 0) is 25.1 Å². The van der Waals surface area contributed by atoms with Gasteiger partial charge in [0, 0.05) is 23.8 Å². The molecule has 3 atom stereocenters. The van der Waals surface area contributed by atoms with Gasteiger partial charge in [0.1, 0.15) is 0 Å². The third kappa shape index (κ3) is 4.18. The van der Waals surface area contributed by atoms with Gasteiger partial charge in [0.15, 0.2) is 0 Å². The monoisotopic (exact) mass is 364 g/mol. The summed E-state index contributed by atoms with van der Waals surface area (Å²) in [4.78, 5) is 24.5. The van der Waals surface area contributed by atoms with E-state index in [4.69, 9.17) is 16.7 Å². The van der Waals surface area contributed by atoms with E-state index in [9.17, 15) is 22.8 Å². The Balaban J connectivity index is 2.08. The van der Waals surface area contributed by atoms with Crippen molar-refractivity contribution in [3.8, 4) is 0 Å². The van der Waals surface area contributed by atoms with Crippen LogP contribution in [0, 0.1) is 11.8 Å². The topological polar surface area (TPSA) is 69.6 Å². The molecular formula is C15H16ClF3N2O3. The lowest BCUT2D eigenvalue weighted by Crippen LogP contribution is -2.41. The van der Waals surface area contributed by atoms with Gasteiger partial charge in [-0.1, -0.05) is 17.7 Å². The molecule has 1 saturated heterocycles. The molecule has 0 bridgehead atoms. The minimum absolute atomic E-state index is 0.330. The molecule has 0 spiro atoms.